The van der Waals surface area contributed by atoms with E-state index in [0.717, 1.165) is 0 Å². The zero-order valence-corrected chi connectivity index (χ0v) is 15.5. The number of carboxylic acids is 1. The Morgan fingerprint density at radius 3 is 2.38 bits per heavy atom. The van der Waals surface area contributed by atoms with Crippen LogP contribution >= 0.6 is 0 Å². The molecule has 2 amide bonds. The van der Waals surface area contributed by atoms with Crippen LogP contribution in [0.5, 0.6) is 0 Å². The molecule has 0 saturated heterocycles. The molecule has 8 heteroatoms. The molecule has 0 spiro atoms. The molecule has 0 aliphatic rings. The van der Waals surface area contributed by atoms with Gasteiger partial charge >= 0.3 is 18.2 Å². The van der Waals surface area contributed by atoms with Crippen LogP contribution in [0, 0.1) is 0 Å². The molecule has 144 valence electrons. The summed E-state index contributed by atoms with van der Waals surface area (Å²) in [4.78, 5) is 34.8. The van der Waals surface area contributed by atoms with Gasteiger partial charge in [-0.2, -0.15) is 0 Å². The molecule has 0 saturated carbocycles. The summed E-state index contributed by atoms with van der Waals surface area (Å²) in [6.45, 7) is 6.95. The van der Waals surface area contributed by atoms with Crippen molar-refractivity contribution < 1.29 is 29.0 Å². The quantitative estimate of drug-likeness (QED) is 0.680. The van der Waals surface area contributed by atoms with E-state index in [0.29, 0.717) is 24.1 Å². The van der Waals surface area contributed by atoms with Gasteiger partial charge in [0.1, 0.15) is 18.2 Å². The lowest BCUT2D eigenvalue weighted by Crippen LogP contribution is -2.40. The van der Waals surface area contributed by atoms with Crippen molar-refractivity contribution in [2.45, 2.75) is 58.8 Å². The van der Waals surface area contributed by atoms with Crippen molar-refractivity contribution in [1.29, 1.82) is 0 Å². The SMILES string of the molecule is CCC[C@H](NC(=O)OCc1ccccc1NC(=O)OC(C)(C)C)C(=O)O. The molecule has 0 radical (unpaired) electrons. The lowest BCUT2D eigenvalue weighted by molar-refractivity contribution is -0.139. The first-order valence-corrected chi connectivity index (χ1v) is 8.36. The summed E-state index contributed by atoms with van der Waals surface area (Å²) < 4.78 is 10.3. The molecular weight excluding hydrogens is 340 g/mol. The highest BCUT2D eigenvalue weighted by Gasteiger charge is 2.20. The van der Waals surface area contributed by atoms with Gasteiger partial charge in [0, 0.05) is 5.56 Å². The van der Waals surface area contributed by atoms with Gasteiger partial charge in [0.25, 0.3) is 0 Å². The minimum atomic E-state index is -1.12. The van der Waals surface area contributed by atoms with E-state index < -0.39 is 29.8 Å². The van der Waals surface area contributed by atoms with E-state index >= 15 is 0 Å². The molecule has 0 aliphatic carbocycles. The molecule has 26 heavy (non-hydrogen) atoms. The molecule has 1 rings (SSSR count). The molecule has 0 aliphatic heterocycles. The summed E-state index contributed by atoms with van der Waals surface area (Å²) in [5, 5.41) is 14.0. The van der Waals surface area contributed by atoms with Gasteiger partial charge in [-0.25, -0.2) is 14.4 Å². The zero-order chi connectivity index (χ0) is 19.7. The molecule has 0 unspecified atom stereocenters. The standard InChI is InChI=1S/C18H26N2O6/c1-5-8-14(15(21)22)20-16(23)25-11-12-9-6-7-10-13(12)19-17(24)26-18(2,3)4/h6-7,9-10,14H,5,8,11H2,1-4H3,(H,19,24)(H,20,23)(H,21,22)/t14-/m0/s1. The van der Waals surface area contributed by atoms with Crippen LogP contribution in [0.15, 0.2) is 24.3 Å². The molecular formula is C18H26N2O6. The van der Waals surface area contributed by atoms with Gasteiger partial charge in [-0.05, 0) is 33.3 Å². The topological polar surface area (TPSA) is 114 Å². The number of amides is 2. The maximum atomic E-state index is 11.9. The summed E-state index contributed by atoms with van der Waals surface area (Å²) in [6.07, 6.45) is -0.539. The van der Waals surface area contributed by atoms with Crippen LogP contribution in [0.4, 0.5) is 15.3 Å². The number of anilines is 1. The fourth-order valence-electron chi connectivity index (χ4n) is 2.05. The molecule has 0 fully saturated rings. The maximum absolute atomic E-state index is 11.9. The second-order valence-electron chi connectivity index (χ2n) is 6.68. The third-order valence-electron chi connectivity index (χ3n) is 3.18. The Bertz CT molecular complexity index is 639. The number of benzene rings is 1. The van der Waals surface area contributed by atoms with Crippen molar-refractivity contribution in [3.05, 3.63) is 29.8 Å². The first kappa shape index (κ1) is 21.3. The number of ether oxygens (including phenoxy) is 2. The highest BCUT2D eigenvalue weighted by molar-refractivity contribution is 5.86. The number of nitrogens with one attached hydrogen (secondary N) is 2. The lowest BCUT2D eigenvalue weighted by atomic mass is 10.2. The number of carbonyl (C=O) groups is 3. The van der Waals surface area contributed by atoms with Crippen molar-refractivity contribution in [2.24, 2.45) is 0 Å². The summed E-state index contributed by atoms with van der Waals surface area (Å²) in [7, 11) is 0. The van der Waals surface area contributed by atoms with E-state index in [1.165, 1.54) is 0 Å². The van der Waals surface area contributed by atoms with Gasteiger partial charge in [-0.1, -0.05) is 31.5 Å². The van der Waals surface area contributed by atoms with Crippen LogP contribution in [-0.4, -0.2) is 34.9 Å². The molecule has 0 heterocycles. The Morgan fingerprint density at radius 2 is 1.81 bits per heavy atom. The van der Waals surface area contributed by atoms with Crippen molar-refractivity contribution in [1.82, 2.24) is 5.32 Å². The fraction of sp³-hybridized carbons (Fsp3) is 0.500. The molecule has 0 aromatic heterocycles. The van der Waals surface area contributed by atoms with Gasteiger partial charge in [0.05, 0.1) is 5.69 Å². The van der Waals surface area contributed by atoms with Crippen molar-refractivity contribution >= 4 is 23.8 Å². The number of hydrogen-bond acceptors (Lipinski definition) is 5. The second-order valence-corrected chi connectivity index (χ2v) is 6.68. The zero-order valence-electron chi connectivity index (χ0n) is 15.5. The second kappa shape index (κ2) is 9.65. The monoisotopic (exact) mass is 366 g/mol. The van der Waals surface area contributed by atoms with Crippen LogP contribution in [-0.2, 0) is 20.9 Å². The van der Waals surface area contributed by atoms with Crippen molar-refractivity contribution in [3.8, 4) is 0 Å². The summed E-state index contributed by atoms with van der Waals surface area (Å²) in [6, 6.07) is 5.78. The Balaban J connectivity index is 2.66. The molecule has 1 aromatic rings. The number of carbonyl (C=O) groups excluding carboxylic acids is 2. The third-order valence-corrected chi connectivity index (χ3v) is 3.18. The molecule has 8 nitrogen and oxygen atoms in total. The average molecular weight is 366 g/mol. The van der Waals surface area contributed by atoms with Gasteiger partial charge < -0.3 is 19.9 Å². The van der Waals surface area contributed by atoms with Crippen LogP contribution in [0.25, 0.3) is 0 Å². The van der Waals surface area contributed by atoms with E-state index in [2.05, 4.69) is 10.6 Å². The summed E-state index contributed by atoms with van der Waals surface area (Å²) in [5.41, 5.74) is 0.356. The molecule has 3 N–H and O–H groups in total. The fourth-order valence-corrected chi connectivity index (χ4v) is 2.05. The Kier molecular flexibility index (Phi) is 7.89. The van der Waals surface area contributed by atoms with Gasteiger partial charge in [0.15, 0.2) is 0 Å². The summed E-state index contributed by atoms with van der Waals surface area (Å²) >= 11 is 0. The first-order valence-electron chi connectivity index (χ1n) is 8.36. The van der Waals surface area contributed by atoms with Crippen LogP contribution in [0.2, 0.25) is 0 Å². The number of alkyl carbamates (subject to hydrolysis) is 1. The van der Waals surface area contributed by atoms with Crippen molar-refractivity contribution in [3.63, 3.8) is 0 Å². The first-order chi connectivity index (χ1) is 12.1. The predicted molar refractivity (Wildman–Crippen MR) is 96.0 cm³/mol. The molecule has 1 atom stereocenters. The third kappa shape index (κ3) is 7.87. The Morgan fingerprint density at radius 1 is 1.15 bits per heavy atom. The van der Waals surface area contributed by atoms with E-state index in [-0.39, 0.29) is 6.61 Å². The molecule has 1 aromatic carbocycles. The number of hydrogen-bond donors (Lipinski definition) is 3. The number of rotatable bonds is 7. The summed E-state index contributed by atoms with van der Waals surface area (Å²) in [5.74, 6) is -1.12. The smallest absolute Gasteiger partial charge is 0.412 e. The van der Waals surface area contributed by atoms with Gasteiger partial charge in [-0.3, -0.25) is 5.32 Å². The van der Waals surface area contributed by atoms with Crippen LogP contribution < -0.4 is 10.6 Å². The Hall–Kier alpha value is -2.77. The van der Waals surface area contributed by atoms with Crippen LogP contribution in [0.3, 0.4) is 0 Å². The predicted octanol–water partition coefficient (Wildman–Crippen LogP) is 3.51. The highest BCUT2D eigenvalue weighted by Crippen LogP contribution is 2.18. The van der Waals surface area contributed by atoms with E-state index in [1.54, 1.807) is 45.0 Å². The average Bonchev–Trinajstić information content (AvgIpc) is 2.51. The molecule has 0 bridgehead atoms. The lowest BCUT2D eigenvalue weighted by Gasteiger charge is -2.20. The van der Waals surface area contributed by atoms with E-state index in [1.807, 2.05) is 6.92 Å². The number of para-hydroxylation sites is 1. The van der Waals surface area contributed by atoms with Crippen LogP contribution in [0.1, 0.15) is 46.1 Å². The number of aliphatic carboxylic acids is 1. The van der Waals surface area contributed by atoms with Gasteiger partial charge in [-0.15, -0.1) is 0 Å². The normalized spacial score (nSPS) is 12.0. The minimum absolute atomic E-state index is 0.129. The van der Waals surface area contributed by atoms with E-state index in [9.17, 15) is 14.4 Å². The minimum Gasteiger partial charge on any atom is -0.480 e. The number of carboxylic acid groups (broad SMARTS) is 1. The van der Waals surface area contributed by atoms with Gasteiger partial charge in [0.2, 0.25) is 0 Å². The highest BCUT2D eigenvalue weighted by atomic mass is 16.6. The van der Waals surface area contributed by atoms with Crippen molar-refractivity contribution in [2.75, 3.05) is 5.32 Å². The largest absolute Gasteiger partial charge is 0.480 e. The van der Waals surface area contributed by atoms with E-state index in [4.69, 9.17) is 14.6 Å². The Labute approximate surface area is 152 Å². The maximum Gasteiger partial charge on any atom is 0.412 e.